The maximum absolute atomic E-state index is 5.16. The molecule has 0 aromatic carbocycles. The topological polar surface area (TPSA) is 21.3 Å². The third-order valence-corrected chi connectivity index (χ3v) is 2.90. The molecule has 0 amide bonds. The van der Waals surface area contributed by atoms with E-state index in [9.17, 15) is 0 Å². The Kier molecular flexibility index (Phi) is 7.20. The van der Waals surface area contributed by atoms with Crippen molar-refractivity contribution in [3.63, 3.8) is 0 Å². The van der Waals surface area contributed by atoms with Gasteiger partial charge in [0, 0.05) is 19.8 Å². The predicted molar refractivity (Wildman–Crippen MR) is 67.2 cm³/mol. The molecule has 0 saturated heterocycles. The lowest BCUT2D eigenvalue weighted by Crippen LogP contribution is -2.40. The highest BCUT2D eigenvalue weighted by Gasteiger charge is 2.23. The van der Waals surface area contributed by atoms with Gasteiger partial charge in [0.1, 0.15) is 0 Å². The fourth-order valence-corrected chi connectivity index (χ4v) is 1.91. The molecular formula is C13H29NO. The van der Waals surface area contributed by atoms with Crippen molar-refractivity contribution in [1.82, 2.24) is 5.32 Å². The Hall–Kier alpha value is -0.0800. The summed E-state index contributed by atoms with van der Waals surface area (Å²) in [4.78, 5) is 0. The van der Waals surface area contributed by atoms with Crippen molar-refractivity contribution in [2.24, 2.45) is 11.3 Å². The molecule has 2 heteroatoms. The zero-order chi connectivity index (χ0) is 11.9. The predicted octanol–water partition coefficient (Wildman–Crippen LogP) is 3.07. The van der Waals surface area contributed by atoms with Gasteiger partial charge in [-0.3, -0.25) is 0 Å². The minimum Gasteiger partial charge on any atom is -0.384 e. The van der Waals surface area contributed by atoms with E-state index in [0.29, 0.717) is 17.4 Å². The number of hydrogen-bond donors (Lipinski definition) is 1. The first-order valence-electron chi connectivity index (χ1n) is 6.14. The summed E-state index contributed by atoms with van der Waals surface area (Å²) in [6.07, 6.45) is 2.48. The summed E-state index contributed by atoms with van der Waals surface area (Å²) in [6.45, 7) is 13.3. The summed E-state index contributed by atoms with van der Waals surface area (Å²) < 4.78 is 5.16. The molecule has 0 saturated carbocycles. The molecule has 0 fully saturated rings. The van der Waals surface area contributed by atoms with Crippen molar-refractivity contribution in [3.8, 4) is 0 Å². The van der Waals surface area contributed by atoms with Crippen LogP contribution in [0.5, 0.6) is 0 Å². The van der Waals surface area contributed by atoms with Crippen LogP contribution in [0.3, 0.4) is 0 Å². The van der Waals surface area contributed by atoms with E-state index in [1.807, 2.05) is 0 Å². The molecule has 0 radical (unpaired) electrons. The number of hydrogen-bond acceptors (Lipinski definition) is 2. The summed E-state index contributed by atoms with van der Waals surface area (Å²) in [5.41, 5.74) is 0.350. The van der Waals surface area contributed by atoms with E-state index in [0.717, 1.165) is 13.2 Å². The van der Waals surface area contributed by atoms with Crippen molar-refractivity contribution in [1.29, 1.82) is 0 Å². The molecule has 0 aromatic rings. The van der Waals surface area contributed by atoms with E-state index in [1.54, 1.807) is 7.11 Å². The third-order valence-electron chi connectivity index (χ3n) is 2.90. The summed E-state index contributed by atoms with van der Waals surface area (Å²) >= 11 is 0. The molecule has 0 aromatic heterocycles. The van der Waals surface area contributed by atoms with Gasteiger partial charge in [0.2, 0.25) is 0 Å². The second-order valence-electron chi connectivity index (χ2n) is 5.61. The Labute approximate surface area is 95.8 Å². The quantitative estimate of drug-likeness (QED) is 0.704. The van der Waals surface area contributed by atoms with Crippen molar-refractivity contribution >= 4 is 0 Å². The molecule has 1 N–H and O–H groups in total. The lowest BCUT2D eigenvalue weighted by molar-refractivity contribution is 0.146. The first kappa shape index (κ1) is 14.9. The molecule has 2 unspecified atom stereocenters. The minimum atomic E-state index is 0.350. The minimum absolute atomic E-state index is 0.350. The van der Waals surface area contributed by atoms with Crippen molar-refractivity contribution in [2.45, 2.75) is 53.5 Å². The molecule has 0 bridgehead atoms. The van der Waals surface area contributed by atoms with Gasteiger partial charge in [-0.05, 0) is 30.7 Å². The Morgan fingerprint density at radius 3 is 2.20 bits per heavy atom. The van der Waals surface area contributed by atoms with Crippen LogP contribution in [0.4, 0.5) is 0 Å². The van der Waals surface area contributed by atoms with Crippen LogP contribution in [-0.2, 0) is 4.74 Å². The molecule has 0 spiro atoms. The molecule has 15 heavy (non-hydrogen) atoms. The molecule has 0 aliphatic carbocycles. The van der Waals surface area contributed by atoms with Gasteiger partial charge in [0.15, 0.2) is 0 Å². The van der Waals surface area contributed by atoms with Gasteiger partial charge in [-0.2, -0.15) is 0 Å². The first-order chi connectivity index (χ1) is 6.91. The smallest absolute Gasteiger partial charge is 0.0487 e. The van der Waals surface area contributed by atoms with Gasteiger partial charge in [-0.15, -0.1) is 0 Å². The summed E-state index contributed by atoms with van der Waals surface area (Å²) in [6, 6.07) is 0.613. The van der Waals surface area contributed by atoms with Crippen molar-refractivity contribution in [2.75, 3.05) is 20.3 Å². The van der Waals surface area contributed by atoms with Crippen LogP contribution in [0.1, 0.15) is 47.5 Å². The molecule has 92 valence electrons. The van der Waals surface area contributed by atoms with Crippen LogP contribution in [0.15, 0.2) is 0 Å². The highest BCUT2D eigenvalue weighted by molar-refractivity contribution is 4.80. The Bertz CT molecular complexity index is 151. The number of ether oxygens (including phenoxy) is 1. The van der Waals surface area contributed by atoms with Gasteiger partial charge in [0.25, 0.3) is 0 Å². The first-order valence-corrected chi connectivity index (χ1v) is 6.14. The van der Waals surface area contributed by atoms with Crippen molar-refractivity contribution in [3.05, 3.63) is 0 Å². The van der Waals surface area contributed by atoms with Gasteiger partial charge in [-0.25, -0.2) is 0 Å². The third kappa shape index (κ3) is 6.91. The SMILES string of the molecule is CCNC(CCC(C)COC)C(C)(C)C. The highest BCUT2D eigenvalue weighted by Crippen LogP contribution is 2.24. The maximum atomic E-state index is 5.16. The standard InChI is InChI=1S/C13H29NO/c1-7-14-12(13(3,4)5)9-8-11(2)10-15-6/h11-12,14H,7-10H2,1-6H3. The van der Waals surface area contributed by atoms with Crippen LogP contribution >= 0.6 is 0 Å². The molecule has 0 heterocycles. The van der Waals surface area contributed by atoms with E-state index >= 15 is 0 Å². The normalized spacial score (nSPS) is 16.4. The number of methoxy groups -OCH3 is 1. The zero-order valence-corrected chi connectivity index (χ0v) is 11.4. The van der Waals surface area contributed by atoms with Gasteiger partial charge in [0.05, 0.1) is 0 Å². The average molecular weight is 215 g/mol. The molecule has 2 nitrogen and oxygen atoms in total. The van der Waals surface area contributed by atoms with Gasteiger partial charge < -0.3 is 10.1 Å². The molecule has 0 aliphatic rings. The second kappa shape index (κ2) is 7.24. The summed E-state index contributed by atoms with van der Waals surface area (Å²) in [5, 5.41) is 3.58. The highest BCUT2D eigenvalue weighted by atomic mass is 16.5. The van der Waals surface area contributed by atoms with E-state index in [-0.39, 0.29) is 0 Å². The average Bonchev–Trinajstić information content (AvgIpc) is 2.10. The molecule has 0 aliphatic heterocycles. The zero-order valence-electron chi connectivity index (χ0n) is 11.4. The van der Waals surface area contributed by atoms with Crippen LogP contribution in [0.25, 0.3) is 0 Å². The fourth-order valence-electron chi connectivity index (χ4n) is 1.91. The summed E-state index contributed by atoms with van der Waals surface area (Å²) in [5.74, 6) is 0.665. The van der Waals surface area contributed by atoms with Gasteiger partial charge in [-0.1, -0.05) is 34.6 Å². The molecule has 2 atom stereocenters. The summed E-state index contributed by atoms with van der Waals surface area (Å²) in [7, 11) is 1.78. The number of nitrogens with one attached hydrogen (secondary N) is 1. The van der Waals surface area contributed by atoms with Crippen LogP contribution in [0.2, 0.25) is 0 Å². The van der Waals surface area contributed by atoms with Crippen LogP contribution < -0.4 is 5.32 Å². The van der Waals surface area contributed by atoms with E-state index in [1.165, 1.54) is 12.8 Å². The van der Waals surface area contributed by atoms with E-state index in [2.05, 4.69) is 39.9 Å². The maximum Gasteiger partial charge on any atom is 0.0487 e. The van der Waals surface area contributed by atoms with Gasteiger partial charge >= 0.3 is 0 Å². The van der Waals surface area contributed by atoms with Crippen LogP contribution in [0, 0.1) is 11.3 Å². The molecule has 0 rings (SSSR count). The fraction of sp³-hybridized carbons (Fsp3) is 1.00. The lowest BCUT2D eigenvalue weighted by Gasteiger charge is -2.32. The second-order valence-corrected chi connectivity index (χ2v) is 5.61. The monoisotopic (exact) mass is 215 g/mol. The van der Waals surface area contributed by atoms with E-state index in [4.69, 9.17) is 4.74 Å². The number of rotatable bonds is 7. The molecular weight excluding hydrogens is 186 g/mol. The Balaban J connectivity index is 3.96. The largest absolute Gasteiger partial charge is 0.384 e. The Morgan fingerprint density at radius 1 is 1.20 bits per heavy atom. The van der Waals surface area contributed by atoms with E-state index < -0.39 is 0 Å². The lowest BCUT2D eigenvalue weighted by atomic mass is 9.83. The van der Waals surface area contributed by atoms with Crippen molar-refractivity contribution < 1.29 is 4.74 Å². The van der Waals surface area contributed by atoms with Crippen LogP contribution in [-0.4, -0.2) is 26.3 Å². The Morgan fingerprint density at radius 2 is 1.80 bits per heavy atom.